The van der Waals surface area contributed by atoms with E-state index in [1.165, 1.54) is 18.6 Å². The van der Waals surface area contributed by atoms with Crippen LogP contribution in [0.2, 0.25) is 0 Å². The monoisotopic (exact) mass is 554 g/mol. The second kappa shape index (κ2) is 13.6. The van der Waals surface area contributed by atoms with Crippen molar-refractivity contribution in [2.75, 3.05) is 7.11 Å². The van der Waals surface area contributed by atoms with E-state index in [1.807, 2.05) is 19.9 Å². The number of rotatable bonds is 12. The van der Waals surface area contributed by atoms with Gasteiger partial charge < -0.3 is 29.8 Å². The Morgan fingerprint density at radius 1 is 1.15 bits per heavy atom. The minimum absolute atomic E-state index is 0.00756. The highest BCUT2D eigenvalue weighted by Gasteiger charge is 2.55. The van der Waals surface area contributed by atoms with Gasteiger partial charge in [0.05, 0.1) is 32.1 Å². The van der Waals surface area contributed by atoms with Crippen molar-refractivity contribution < 1.29 is 43.1 Å². The van der Waals surface area contributed by atoms with Gasteiger partial charge in [-0.25, -0.2) is 9.78 Å². The molecule has 0 radical (unpaired) electrons. The van der Waals surface area contributed by atoms with E-state index in [-0.39, 0.29) is 24.5 Å². The van der Waals surface area contributed by atoms with Gasteiger partial charge in [0.1, 0.15) is 11.7 Å². The summed E-state index contributed by atoms with van der Waals surface area (Å²) in [6, 6.07) is 7.90. The minimum atomic E-state index is -2.13. The number of ether oxygens (including phenoxy) is 1. The van der Waals surface area contributed by atoms with Crippen LogP contribution in [0.15, 0.2) is 48.9 Å². The molecule has 40 heavy (non-hydrogen) atoms. The summed E-state index contributed by atoms with van der Waals surface area (Å²) in [7, 11) is -0.454. The van der Waals surface area contributed by atoms with Crippen molar-refractivity contribution in [1.82, 2.24) is 20.6 Å². The number of amides is 2. The Balaban J connectivity index is 1.89. The Labute approximate surface area is 231 Å². The molecule has 14 heteroatoms. The molecular formula is C26H31BN4O9. The van der Waals surface area contributed by atoms with Gasteiger partial charge in [0.2, 0.25) is 5.91 Å². The summed E-state index contributed by atoms with van der Waals surface area (Å²) in [5.74, 6) is -5.63. The molecule has 0 saturated carbocycles. The maximum Gasteiger partial charge on any atom is 0.552 e. The normalized spacial score (nSPS) is 18.3. The largest absolute Gasteiger partial charge is 0.552 e. The summed E-state index contributed by atoms with van der Waals surface area (Å²) >= 11 is 0. The number of methoxy groups -OCH3 is 1. The third-order valence-electron chi connectivity index (χ3n) is 6.10. The van der Waals surface area contributed by atoms with Crippen LogP contribution in [0.4, 0.5) is 0 Å². The average molecular weight is 554 g/mol. The first-order valence-corrected chi connectivity index (χ1v) is 12.6. The number of carbonyl (C=O) groups is 5. The second-order valence-corrected chi connectivity index (χ2v) is 9.76. The highest BCUT2D eigenvalue weighted by atomic mass is 16.7. The van der Waals surface area contributed by atoms with Crippen LogP contribution in [0.25, 0.3) is 0 Å². The smallest absolute Gasteiger partial charge is 0.508 e. The predicted molar refractivity (Wildman–Crippen MR) is 139 cm³/mol. The van der Waals surface area contributed by atoms with Crippen molar-refractivity contribution in [2.45, 2.75) is 57.1 Å². The van der Waals surface area contributed by atoms with Crippen LogP contribution >= 0.6 is 0 Å². The van der Waals surface area contributed by atoms with Crippen molar-refractivity contribution >= 4 is 36.8 Å². The van der Waals surface area contributed by atoms with Gasteiger partial charge in [-0.3, -0.25) is 24.2 Å². The lowest BCUT2D eigenvalue weighted by atomic mass is 9.70. The highest BCUT2D eigenvalue weighted by Crippen LogP contribution is 2.31. The van der Waals surface area contributed by atoms with Crippen LogP contribution in [-0.2, 0) is 39.6 Å². The van der Waals surface area contributed by atoms with Gasteiger partial charge in [-0.2, -0.15) is 0 Å². The molecule has 0 bridgehead atoms. The van der Waals surface area contributed by atoms with Gasteiger partial charge in [0.25, 0.3) is 11.9 Å². The molecule has 2 heterocycles. The molecule has 1 aliphatic rings. The summed E-state index contributed by atoms with van der Waals surface area (Å²) in [5.41, 5.74) is -1.37. The van der Waals surface area contributed by atoms with Gasteiger partial charge in [0.15, 0.2) is 5.60 Å². The zero-order valence-corrected chi connectivity index (χ0v) is 22.4. The number of aromatic nitrogens is 2. The summed E-state index contributed by atoms with van der Waals surface area (Å²) < 4.78 is 15.9. The lowest BCUT2D eigenvalue weighted by Crippen LogP contribution is -2.63. The number of carbonyl (C=O) groups excluding carboxylic acids is 4. The Morgan fingerprint density at radius 3 is 2.48 bits per heavy atom. The Kier molecular flexibility index (Phi) is 10.3. The fourth-order valence-corrected chi connectivity index (χ4v) is 4.32. The van der Waals surface area contributed by atoms with E-state index >= 15 is 0 Å². The third kappa shape index (κ3) is 8.09. The molecule has 3 atom stereocenters. The molecule has 13 nitrogen and oxygen atoms in total. The lowest BCUT2D eigenvalue weighted by Gasteiger charge is -2.38. The maximum atomic E-state index is 13.6. The van der Waals surface area contributed by atoms with Gasteiger partial charge in [-0.15, -0.1) is 0 Å². The number of esters is 1. The van der Waals surface area contributed by atoms with Crippen LogP contribution in [0.3, 0.4) is 0 Å². The summed E-state index contributed by atoms with van der Waals surface area (Å²) in [6.07, 6.45) is 2.84. The third-order valence-corrected chi connectivity index (χ3v) is 6.10. The standard InChI is InChI=1S/C26H31BN4O9/c1-16(2)11-20(27-39-22(34)14-26(40-27,13-21(32)33)25(37)38-3)31-23(35)18(12-17-7-5-4-6-8-17)30-24(36)19-15-28-9-10-29-19/h4-10,15-16,18,20H,11-14H2,1-3H3,(H,30,36)(H,31,35)(H,32,33)/t18?,20?,26-/m0/s1. The highest BCUT2D eigenvalue weighted by molar-refractivity contribution is 6.50. The molecular weight excluding hydrogens is 523 g/mol. The van der Waals surface area contributed by atoms with Crippen molar-refractivity contribution in [2.24, 2.45) is 5.92 Å². The van der Waals surface area contributed by atoms with Gasteiger partial charge in [-0.05, 0) is 17.9 Å². The zero-order valence-electron chi connectivity index (χ0n) is 22.4. The van der Waals surface area contributed by atoms with Crippen molar-refractivity contribution in [1.29, 1.82) is 0 Å². The fourth-order valence-electron chi connectivity index (χ4n) is 4.32. The van der Waals surface area contributed by atoms with Crippen molar-refractivity contribution in [3.05, 3.63) is 60.2 Å². The van der Waals surface area contributed by atoms with Crippen LogP contribution in [0.1, 0.15) is 49.2 Å². The Hall–Kier alpha value is -4.33. The molecule has 212 valence electrons. The molecule has 2 amide bonds. The topological polar surface area (TPSA) is 183 Å². The molecule has 2 aromatic rings. The van der Waals surface area contributed by atoms with E-state index in [2.05, 4.69) is 20.6 Å². The van der Waals surface area contributed by atoms with Crippen LogP contribution < -0.4 is 10.6 Å². The lowest BCUT2D eigenvalue weighted by molar-refractivity contribution is -0.177. The van der Waals surface area contributed by atoms with Gasteiger partial charge >= 0.3 is 19.1 Å². The molecule has 3 N–H and O–H groups in total. The summed E-state index contributed by atoms with van der Waals surface area (Å²) in [6.45, 7) is 3.71. The summed E-state index contributed by atoms with van der Waals surface area (Å²) in [4.78, 5) is 71.0. The number of nitrogens with zero attached hydrogens (tertiary/aromatic N) is 2. The van der Waals surface area contributed by atoms with E-state index in [0.717, 1.165) is 12.7 Å². The second-order valence-electron chi connectivity index (χ2n) is 9.76. The molecule has 2 unspecified atom stereocenters. The van der Waals surface area contributed by atoms with E-state index < -0.39 is 67.3 Å². The number of benzene rings is 1. The number of carboxylic acids is 1. The molecule has 1 aromatic carbocycles. The number of carboxylic acid groups (broad SMARTS) is 1. The fraction of sp³-hybridized carbons (Fsp3) is 0.423. The van der Waals surface area contributed by atoms with Gasteiger partial charge in [-0.1, -0.05) is 44.2 Å². The quantitative estimate of drug-likeness (QED) is 0.248. The predicted octanol–water partition coefficient (Wildman–Crippen LogP) is 0.726. The number of nitrogens with one attached hydrogen (secondary N) is 2. The van der Waals surface area contributed by atoms with Crippen LogP contribution in [-0.4, -0.2) is 76.6 Å². The van der Waals surface area contributed by atoms with Crippen molar-refractivity contribution in [3.8, 4) is 0 Å². The van der Waals surface area contributed by atoms with E-state index in [0.29, 0.717) is 0 Å². The number of hydrogen-bond acceptors (Lipinski definition) is 10. The maximum absolute atomic E-state index is 13.6. The molecule has 1 aliphatic heterocycles. The van der Waals surface area contributed by atoms with E-state index in [1.54, 1.807) is 24.3 Å². The molecule has 1 aromatic heterocycles. The molecule has 0 aliphatic carbocycles. The molecule has 3 rings (SSSR count). The SMILES string of the molecule is COC(=O)[C@]1(CC(=O)O)CC(=O)OB(C(CC(C)C)NC(=O)C(Cc2ccccc2)NC(=O)c2cnccn2)O1. The van der Waals surface area contributed by atoms with Crippen LogP contribution in [0, 0.1) is 5.92 Å². The first-order chi connectivity index (χ1) is 19.0. The molecule has 1 saturated heterocycles. The average Bonchev–Trinajstić information content (AvgIpc) is 2.91. The van der Waals surface area contributed by atoms with Gasteiger partial charge in [0, 0.05) is 18.8 Å². The van der Waals surface area contributed by atoms with Crippen molar-refractivity contribution in [3.63, 3.8) is 0 Å². The summed E-state index contributed by atoms with van der Waals surface area (Å²) in [5, 5.41) is 14.8. The number of hydrogen-bond donors (Lipinski definition) is 3. The first kappa shape index (κ1) is 30.2. The van der Waals surface area contributed by atoms with Crippen LogP contribution in [0.5, 0.6) is 0 Å². The molecule has 1 fully saturated rings. The van der Waals surface area contributed by atoms with E-state index in [4.69, 9.17) is 14.0 Å². The van der Waals surface area contributed by atoms with E-state index in [9.17, 15) is 29.1 Å². The Bertz CT molecular complexity index is 1210. The zero-order chi connectivity index (χ0) is 29.3. The Morgan fingerprint density at radius 2 is 1.88 bits per heavy atom. The first-order valence-electron chi connectivity index (χ1n) is 12.6. The number of aliphatic carboxylic acids is 1. The minimum Gasteiger partial charge on any atom is -0.508 e. The molecule has 0 spiro atoms.